The summed E-state index contributed by atoms with van der Waals surface area (Å²) in [5.74, 6) is -3.82. The Labute approximate surface area is 207 Å². The number of carbonyl (C=O) groups is 1. The molecule has 11 heteroatoms. The number of imidazole rings is 1. The van der Waals surface area contributed by atoms with Crippen LogP contribution in [-0.4, -0.2) is 25.4 Å². The summed E-state index contributed by atoms with van der Waals surface area (Å²) in [5.41, 5.74) is 1.67. The second-order valence-corrected chi connectivity index (χ2v) is 8.16. The molecule has 0 fully saturated rings. The van der Waals surface area contributed by atoms with E-state index in [9.17, 15) is 18.0 Å². The first kappa shape index (κ1) is 23.3. The molecule has 0 radical (unpaired) electrons. The van der Waals surface area contributed by atoms with Crippen LogP contribution in [0.15, 0.2) is 67.3 Å². The molecule has 7 nitrogen and oxygen atoms in total. The van der Waals surface area contributed by atoms with Gasteiger partial charge in [0.25, 0.3) is 5.91 Å². The van der Waals surface area contributed by atoms with Gasteiger partial charge in [-0.05, 0) is 37.3 Å². The van der Waals surface area contributed by atoms with Gasteiger partial charge in [0.2, 0.25) is 5.82 Å². The number of hydrogen-bond acceptors (Lipinski definition) is 5. The number of benzene rings is 3. The van der Waals surface area contributed by atoms with Crippen molar-refractivity contribution >= 4 is 34.2 Å². The number of aryl methyl sites for hydroxylation is 1. The molecule has 5 rings (SSSR count). The average molecular weight is 510 g/mol. The van der Waals surface area contributed by atoms with Crippen LogP contribution < -0.4 is 10.1 Å². The van der Waals surface area contributed by atoms with E-state index in [1.807, 2.05) is 6.92 Å². The highest BCUT2D eigenvalue weighted by Gasteiger charge is 2.16. The average Bonchev–Trinajstić information content (AvgIpc) is 3.29. The molecule has 5 aromatic rings. The van der Waals surface area contributed by atoms with Crippen molar-refractivity contribution in [2.24, 2.45) is 0 Å². The number of ether oxygens (including phenoxy) is 1. The first-order valence-corrected chi connectivity index (χ1v) is 10.9. The fourth-order valence-electron chi connectivity index (χ4n) is 3.39. The van der Waals surface area contributed by atoms with Gasteiger partial charge in [-0.1, -0.05) is 11.6 Å². The van der Waals surface area contributed by atoms with E-state index in [1.165, 1.54) is 24.3 Å². The lowest BCUT2D eigenvalue weighted by atomic mass is 10.2. The molecule has 36 heavy (non-hydrogen) atoms. The molecule has 0 saturated heterocycles. The summed E-state index contributed by atoms with van der Waals surface area (Å²) < 4.78 is 49.8. The van der Waals surface area contributed by atoms with Crippen molar-refractivity contribution in [3.8, 4) is 17.3 Å². The lowest BCUT2D eigenvalue weighted by Gasteiger charge is -2.12. The van der Waals surface area contributed by atoms with Gasteiger partial charge in [0, 0.05) is 35.6 Å². The maximum atomic E-state index is 14.5. The molecule has 0 bridgehead atoms. The molecule has 0 spiro atoms. The molecule has 2 aromatic heterocycles. The number of carbonyl (C=O) groups excluding carboxylic acids is 1. The monoisotopic (exact) mass is 509 g/mol. The Kier molecular flexibility index (Phi) is 6.03. The summed E-state index contributed by atoms with van der Waals surface area (Å²) >= 11 is 5.63. The quantitative estimate of drug-likeness (QED) is 0.303. The number of anilines is 1. The van der Waals surface area contributed by atoms with Gasteiger partial charge in [-0.3, -0.25) is 14.3 Å². The molecular formula is C25H15ClF3N5O2. The maximum Gasteiger partial charge on any atom is 0.255 e. The van der Waals surface area contributed by atoms with Crippen LogP contribution in [-0.2, 0) is 0 Å². The molecule has 180 valence electrons. The van der Waals surface area contributed by atoms with E-state index in [0.717, 1.165) is 23.9 Å². The van der Waals surface area contributed by atoms with Crippen molar-refractivity contribution in [3.05, 3.63) is 101 Å². The fraction of sp³-hybridized carbons (Fsp3) is 0.0400. The number of nitrogens with one attached hydrogen (secondary N) is 1. The number of fused-ring (bicyclic) bond motifs is 1. The summed E-state index contributed by atoms with van der Waals surface area (Å²) in [7, 11) is 0. The minimum Gasteiger partial charge on any atom is -0.454 e. The van der Waals surface area contributed by atoms with E-state index in [1.54, 1.807) is 29.4 Å². The van der Waals surface area contributed by atoms with E-state index in [-0.39, 0.29) is 22.0 Å². The molecule has 0 saturated carbocycles. The second kappa shape index (κ2) is 9.31. The number of halogens is 4. The summed E-state index contributed by atoms with van der Waals surface area (Å²) in [5, 5.41) is 2.24. The highest BCUT2D eigenvalue weighted by Crippen LogP contribution is 2.31. The number of aromatic nitrogens is 4. The number of nitrogens with zero attached hydrogens (tertiary/aromatic N) is 4. The molecule has 1 amide bonds. The van der Waals surface area contributed by atoms with Crippen molar-refractivity contribution in [3.63, 3.8) is 0 Å². The predicted molar refractivity (Wildman–Crippen MR) is 127 cm³/mol. The smallest absolute Gasteiger partial charge is 0.255 e. The molecule has 0 unspecified atom stereocenters. The number of rotatable bonds is 5. The lowest BCUT2D eigenvalue weighted by Crippen LogP contribution is -2.12. The van der Waals surface area contributed by atoms with Crippen LogP contribution in [0.4, 0.5) is 18.9 Å². The van der Waals surface area contributed by atoms with Gasteiger partial charge in [-0.2, -0.15) is 4.39 Å². The minimum atomic E-state index is -1.25. The predicted octanol–water partition coefficient (Wildman–Crippen LogP) is 6.24. The normalized spacial score (nSPS) is 11.0. The third kappa shape index (κ3) is 4.71. The Morgan fingerprint density at radius 3 is 2.58 bits per heavy atom. The molecular weight excluding hydrogens is 495 g/mol. The van der Waals surface area contributed by atoms with Crippen LogP contribution in [0.2, 0.25) is 5.02 Å². The van der Waals surface area contributed by atoms with Crippen molar-refractivity contribution in [1.82, 2.24) is 19.5 Å². The molecule has 1 N–H and O–H groups in total. The van der Waals surface area contributed by atoms with E-state index in [4.69, 9.17) is 16.3 Å². The number of amides is 1. The van der Waals surface area contributed by atoms with Crippen LogP contribution in [0.25, 0.3) is 16.9 Å². The maximum absolute atomic E-state index is 14.5. The molecule has 0 atom stereocenters. The number of hydrogen-bond donors (Lipinski definition) is 1. The third-order valence-corrected chi connectivity index (χ3v) is 5.45. The first-order chi connectivity index (χ1) is 17.3. The Balaban J connectivity index is 1.42. The summed E-state index contributed by atoms with van der Waals surface area (Å²) in [6, 6.07) is 10.0. The Morgan fingerprint density at radius 1 is 1.00 bits per heavy atom. The van der Waals surface area contributed by atoms with Crippen LogP contribution in [0.1, 0.15) is 16.1 Å². The van der Waals surface area contributed by atoms with E-state index >= 15 is 0 Å². The minimum absolute atomic E-state index is 0.0545. The van der Waals surface area contributed by atoms with Crippen LogP contribution in [0, 0.1) is 24.4 Å². The Hall–Kier alpha value is -4.44. The highest BCUT2D eigenvalue weighted by molar-refractivity contribution is 6.30. The van der Waals surface area contributed by atoms with Gasteiger partial charge in [0.15, 0.2) is 17.4 Å². The Bertz CT molecular complexity index is 1640. The molecule has 3 aromatic carbocycles. The van der Waals surface area contributed by atoms with Crippen LogP contribution >= 0.6 is 11.6 Å². The zero-order valence-electron chi connectivity index (χ0n) is 18.5. The topological polar surface area (TPSA) is 81.9 Å². The van der Waals surface area contributed by atoms with Crippen LogP contribution in [0.5, 0.6) is 11.5 Å². The molecule has 2 heterocycles. The van der Waals surface area contributed by atoms with E-state index in [2.05, 4.69) is 20.3 Å². The van der Waals surface area contributed by atoms with Gasteiger partial charge >= 0.3 is 0 Å². The summed E-state index contributed by atoms with van der Waals surface area (Å²) in [6.07, 6.45) is 4.96. The van der Waals surface area contributed by atoms with Gasteiger partial charge in [0.05, 0.1) is 27.9 Å². The van der Waals surface area contributed by atoms with Crippen LogP contribution in [0.3, 0.4) is 0 Å². The molecule has 0 aliphatic heterocycles. The van der Waals surface area contributed by atoms with Gasteiger partial charge in [-0.15, -0.1) is 0 Å². The standard InChI is InChI=1S/C25H15ClF3N5O2/c1-13-11-34(12-31-13)23-10-30-20-5-3-16(9-21(20)33-23)36-22-8-15(7-19(28)24(22)29)32-25(35)14-2-4-17(26)18(27)6-14/h2-12H,1H3,(H,32,35). The van der Waals surface area contributed by atoms with E-state index < -0.39 is 29.1 Å². The molecule has 0 aliphatic carbocycles. The van der Waals surface area contributed by atoms with Gasteiger partial charge < -0.3 is 10.1 Å². The first-order valence-electron chi connectivity index (χ1n) is 10.5. The second-order valence-electron chi connectivity index (χ2n) is 7.76. The van der Waals surface area contributed by atoms with Gasteiger partial charge in [-0.25, -0.2) is 18.7 Å². The van der Waals surface area contributed by atoms with Crippen molar-refractivity contribution in [2.45, 2.75) is 6.92 Å². The van der Waals surface area contributed by atoms with Crippen molar-refractivity contribution in [1.29, 1.82) is 0 Å². The SMILES string of the molecule is Cc1cn(-c2cnc3ccc(Oc4cc(NC(=O)c5ccc(Cl)c(F)c5)cc(F)c4F)cc3n2)cn1. The zero-order valence-corrected chi connectivity index (χ0v) is 19.2. The van der Waals surface area contributed by atoms with Crippen molar-refractivity contribution < 1.29 is 22.7 Å². The van der Waals surface area contributed by atoms with Crippen molar-refractivity contribution in [2.75, 3.05) is 5.32 Å². The lowest BCUT2D eigenvalue weighted by molar-refractivity contribution is 0.102. The van der Waals surface area contributed by atoms with Gasteiger partial charge in [0.1, 0.15) is 17.9 Å². The summed E-state index contributed by atoms with van der Waals surface area (Å²) in [6.45, 7) is 1.84. The molecule has 0 aliphatic rings. The summed E-state index contributed by atoms with van der Waals surface area (Å²) in [4.78, 5) is 25.5. The third-order valence-electron chi connectivity index (χ3n) is 5.14. The largest absolute Gasteiger partial charge is 0.454 e. The fourth-order valence-corrected chi connectivity index (χ4v) is 3.51. The van der Waals surface area contributed by atoms with E-state index in [0.29, 0.717) is 16.9 Å². The Morgan fingerprint density at radius 2 is 1.83 bits per heavy atom. The zero-order chi connectivity index (χ0) is 25.4. The highest BCUT2D eigenvalue weighted by atomic mass is 35.5.